The number of carboxylic acid groups (broad SMARTS) is 1. The number of benzene rings is 1. The number of amides is 1. The Hall–Kier alpha value is -2.02. The quantitative estimate of drug-likeness (QED) is 0.854. The summed E-state index contributed by atoms with van der Waals surface area (Å²) in [6.07, 6.45) is 5.70. The van der Waals surface area contributed by atoms with Crippen molar-refractivity contribution in [1.29, 1.82) is 5.26 Å². The van der Waals surface area contributed by atoms with Crippen molar-refractivity contribution in [2.24, 2.45) is 5.92 Å². The molecule has 1 atom stereocenters. The van der Waals surface area contributed by atoms with E-state index in [1.807, 2.05) is 18.2 Å². The number of nitrogens with zero attached hydrogens (tertiary/aromatic N) is 2. The Bertz CT molecular complexity index is 585. The van der Waals surface area contributed by atoms with E-state index in [9.17, 15) is 9.90 Å². The van der Waals surface area contributed by atoms with E-state index in [-0.39, 0.29) is 6.04 Å². The lowest BCUT2D eigenvalue weighted by Crippen LogP contribution is -2.43. The summed E-state index contributed by atoms with van der Waals surface area (Å²) in [7, 11) is 0. The number of hydrogen-bond donors (Lipinski definition) is 1. The molecule has 1 saturated carbocycles. The van der Waals surface area contributed by atoms with Gasteiger partial charge in [0.25, 0.3) is 0 Å². The van der Waals surface area contributed by atoms with Crippen LogP contribution in [-0.2, 0) is 6.42 Å². The van der Waals surface area contributed by atoms with Crippen LogP contribution in [0.1, 0.15) is 54.8 Å². The minimum Gasteiger partial charge on any atom is -0.465 e. The first kappa shape index (κ1) is 13.9. The first-order chi connectivity index (χ1) is 10.2. The molecule has 1 N–H and O–H groups in total. The highest BCUT2D eigenvalue weighted by atomic mass is 16.4. The molecule has 1 aliphatic heterocycles. The molecular formula is C17H20N2O2. The minimum atomic E-state index is -0.835. The van der Waals surface area contributed by atoms with E-state index in [2.05, 4.69) is 6.07 Å². The maximum Gasteiger partial charge on any atom is 0.407 e. The zero-order valence-corrected chi connectivity index (χ0v) is 12.1. The van der Waals surface area contributed by atoms with E-state index in [1.165, 1.54) is 24.8 Å². The van der Waals surface area contributed by atoms with Crippen LogP contribution in [0.5, 0.6) is 0 Å². The predicted octanol–water partition coefficient (Wildman–Crippen LogP) is 3.72. The molecule has 1 fully saturated rings. The molecule has 1 amide bonds. The second-order valence-corrected chi connectivity index (χ2v) is 6.09. The summed E-state index contributed by atoms with van der Waals surface area (Å²) in [4.78, 5) is 13.2. The maximum absolute atomic E-state index is 11.6. The third-order valence-electron chi connectivity index (χ3n) is 4.89. The topological polar surface area (TPSA) is 64.3 Å². The molecule has 21 heavy (non-hydrogen) atoms. The van der Waals surface area contributed by atoms with Crippen molar-refractivity contribution in [1.82, 2.24) is 4.90 Å². The van der Waals surface area contributed by atoms with Gasteiger partial charge in [-0.25, -0.2) is 4.79 Å². The van der Waals surface area contributed by atoms with Gasteiger partial charge in [-0.2, -0.15) is 5.26 Å². The Balaban J connectivity index is 2.02. The van der Waals surface area contributed by atoms with Crippen molar-refractivity contribution in [3.05, 3.63) is 34.9 Å². The highest BCUT2D eigenvalue weighted by molar-refractivity contribution is 5.67. The summed E-state index contributed by atoms with van der Waals surface area (Å²) in [5, 5.41) is 18.7. The van der Waals surface area contributed by atoms with Crippen LogP contribution < -0.4 is 0 Å². The van der Waals surface area contributed by atoms with Crippen LogP contribution in [0, 0.1) is 17.2 Å². The first-order valence-electron chi connectivity index (χ1n) is 7.73. The Morgan fingerprint density at radius 1 is 1.29 bits per heavy atom. The van der Waals surface area contributed by atoms with Gasteiger partial charge in [-0.3, -0.25) is 0 Å². The number of hydrogen-bond acceptors (Lipinski definition) is 2. The van der Waals surface area contributed by atoms with E-state index in [0.29, 0.717) is 18.0 Å². The smallest absolute Gasteiger partial charge is 0.407 e. The second-order valence-electron chi connectivity index (χ2n) is 6.09. The molecule has 1 heterocycles. The molecular weight excluding hydrogens is 264 g/mol. The lowest BCUT2D eigenvalue weighted by atomic mass is 9.77. The van der Waals surface area contributed by atoms with Crippen molar-refractivity contribution in [3.8, 4) is 6.07 Å². The summed E-state index contributed by atoms with van der Waals surface area (Å²) in [6.45, 7) is 0.565. The van der Waals surface area contributed by atoms with Gasteiger partial charge in [-0.1, -0.05) is 25.3 Å². The van der Waals surface area contributed by atoms with Gasteiger partial charge < -0.3 is 10.0 Å². The molecule has 0 spiro atoms. The predicted molar refractivity (Wildman–Crippen MR) is 78.9 cm³/mol. The van der Waals surface area contributed by atoms with Gasteiger partial charge in [0.05, 0.1) is 17.7 Å². The van der Waals surface area contributed by atoms with E-state index < -0.39 is 6.09 Å². The molecule has 0 aromatic heterocycles. The minimum absolute atomic E-state index is 0.0696. The lowest BCUT2D eigenvalue weighted by molar-refractivity contribution is 0.0873. The zero-order valence-electron chi connectivity index (χ0n) is 12.1. The van der Waals surface area contributed by atoms with Gasteiger partial charge in [0, 0.05) is 6.54 Å². The Morgan fingerprint density at radius 2 is 2.05 bits per heavy atom. The average molecular weight is 284 g/mol. The summed E-state index contributed by atoms with van der Waals surface area (Å²) in [5.74, 6) is 0.392. The van der Waals surface area contributed by atoms with E-state index >= 15 is 0 Å². The van der Waals surface area contributed by atoms with Gasteiger partial charge in [0.2, 0.25) is 0 Å². The fourth-order valence-corrected chi connectivity index (χ4v) is 3.89. The van der Waals surface area contributed by atoms with E-state index in [0.717, 1.165) is 24.8 Å². The molecule has 0 saturated heterocycles. The normalized spacial score (nSPS) is 22.4. The molecule has 2 aliphatic rings. The Kier molecular flexibility index (Phi) is 3.83. The molecule has 0 radical (unpaired) electrons. The molecule has 3 rings (SSSR count). The zero-order chi connectivity index (χ0) is 14.8. The molecule has 110 valence electrons. The van der Waals surface area contributed by atoms with E-state index in [1.54, 1.807) is 4.90 Å². The van der Waals surface area contributed by atoms with Crippen LogP contribution in [0.4, 0.5) is 4.79 Å². The van der Waals surface area contributed by atoms with Gasteiger partial charge in [-0.15, -0.1) is 0 Å². The van der Waals surface area contributed by atoms with Crippen molar-refractivity contribution >= 4 is 6.09 Å². The van der Waals surface area contributed by atoms with Crippen molar-refractivity contribution in [3.63, 3.8) is 0 Å². The van der Waals surface area contributed by atoms with Crippen LogP contribution in [0.25, 0.3) is 0 Å². The largest absolute Gasteiger partial charge is 0.465 e. The molecule has 1 unspecified atom stereocenters. The van der Waals surface area contributed by atoms with Crippen molar-refractivity contribution in [2.75, 3.05) is 6.54 Å². The van der Waals surface area contributed by atoms with Crippen LogP contribution >= 0.6 is 0 Å². The first-order valence-corrected chi connectivity index (χ1v) is 7.73. The summed E-state index contributed by atoms with van der Waals surface area (Å²) >= 11 is 0. The number of rotatable bonds is 1. The maximum atomic E-state index is 11.6. The molecule has 4 nitrogen and oxygen atoms in total. The number of nitriles is 1. The van der Waals surface area contributed by atoms with Crippen LogP contribution in [-0.4, -0.2) is 22.6 Å². The SMILES string of the molecule is N#Cc1ccc2c(c1)C(C1CCCCC1)N(C(=O)O)CC2. The van der Waals surface area contributed by atoms with Crippen LogP contribution in [0.2, 0.25) is 0 Å². The van der Waals surface area contributed by atoms with Gasteiger partial charge >= 0.3 is 6.09 Å². The van der Waals surface area contributed by atoms with Crippen LogP contribution in [0.3, 0.4) is 0 Å². The summed E-state index contributed by atoms with van der Waals surface area (Å²) in [5.41, 5.74) is 2.90. The fraction of sp³-hybridized carbons (Fsp3) is 0.529. The summed E-state index contributed by atoms with van der Waals surface area (Å²) < 4.78 is 0. The highest BCUT2D eigenvalue weighted by Crippen LogP contribution is 2.42. The Morgan fingerprint density at radius 3 is 2.71 bits per heavy atom. The van der Waals surface area contributed by atoms with Crippen molar-refractivity contribution < 1.29 is 9.90 Å². The summed E-state index contributed by atoms with van der Waals surface area (Å²) in [6, 6.07) is 7.86. The Labute approximate surface area is 125 Å². The van der Waals surface area contributed by atoms with Gasteiger partial charge in [0.15, 0.2) is 0 Å². The highest BCUT2D eigenvalue weighted by Gasteiger charge is 2.36. The van der Waals surface area contributed by atoms with Gasteiger partial charge in [0.1, 0.15) is 0 Å². The monoisotopic (exact) mass is 284 g/mol. The fourth-order valence-electron chi connectivity index (χ4n) is 3.89. The third-order valence-corrected chi connectivity index (χ3v) is 4.89. The van der Waals surface area contributed by atoms with Crippen molar-refractivity contribution in [2.45, 2.75) is 44.6 Å². The molecule has 1 aliphatic carbocycles. The average Bonchev–Trinajstić information content (AvgIpc) is 2.53. The molecule has 1 aromatic carbocycles. The molecule has 0 bridgehead atoms. The number of carbonyl (C=O) groups is 1. The standard InChI is InChI=1S/C17H20N2O2/c18-11-12-6-7-13-8-9-19(17(20)21)16(15(13)10-12)14-4-2-1-3-5-14/h6-7,10,14,16H,1-5,8-9H2,(H,20,21). The van der Waals surface area contributed by atoms with E-state index in [4.69, 9.17) is 5.26 Å². The third kappa shape index (κ3) is 2.61. The molecule has 4 heteroatoms. The van der Waals surface area contributed by atoms with Gasteiger partial charge in [-0.05, 0) is 48.4 Å². The van der Waals surface area contributed by atoms with Crippen LogP contribution in [0.15, 0.2) is 18.2 Å². The molecule has 1 aromatic rings. The lowest BCUT2D eigenvalue weighted by Gasteiger charge is -2.41. The number of fused-ring (bicyclic) bond motifs is 1. The second kappa shape index (κ2) is 5.77.